The van der Waals surface area contributed by atoms with Gasteiger partial charge in [0.1, 0.15) is 16.6 Å². The fourth-order valence-corrected chi connectivity index (χ4v) is 1.87. The minimum atomic E-state index is -0.541. The van der Waals surface area contributed by atoms with E-state index in [1.807, 2.05) is 0 Å². The van der Waals surface area contributed by atoms with Crippen LogP contribution in [-0.4, -0.2) is 10.2 Å². The molecule has 16 heavy (non-hydrogen) atoms. The van der Waals surface area contributed by atoms with Gasteiger partial charge in [-0.15, -0.1) is 16.7 Å². The van der Waals surface area contributed by atoms with Crippen molar-refractivity contribution in [2.45, 2.75) is 5.88 Å². The summed E-state index contributed by atoms with van der Waals surface area (Å²) in [6.07, 6.45) is 0. The molecule has 1 aromatic carbocycles. The highest BCUT2D eigenvalue weighted by Crippen LogP contribution is 2.27. The van der Waals surface area contributed by atoms with Crippen molar-refractivity contribution >= 4 is 34.5 Å². The minimum Gasteiger partial charge on any atom is -0.430 e. The molecule has 0 bridgehead atoms. The first-order valence-electron chi connectivity index (χ1n) is 4.20. The maximum Gasteiger partial charge on any atom is 0.299 e. The van der Waals surface area contributed by atoms with Gasteiger partial charge >= 0.3 is 0 Å². The van der Waals surface area contributed by atoms with Gasteiger partial charge in [-0.2, -0.15) is 0 Å². The van der Waals surface area contributed by atoms with Gasteiger partial charge in [0.25, 0.3) is 5.19 Å². The van der Waals surface area contributed by atoms with E-state index in [0.29, 0.717) is 16.0 Å². The number of hydrogen-bond donors (Lipinski definition) is 0. The summed E-state index contributed by atoms with van der Waals surface area (Å²) in [5.41, 5.74) is 0. The standard InChI is InChI=1S/C9H5Cl2FN2OS/c10-4-8-13-14-9(16-8)15-5-1-2-6(11)7(12)3-5/h1-3H,4H2. The number of alkyl halides is 1. The summed E-state index contributed by atoms with van der Waals surface area (Å²) in [6.45, 7) is 0. The molecule has 7 heteroatoms. The number of benzene rings is 1. The molecule has 3 nitrogen and oxygen atoms in total. The molecule has 0 spiro atoms. The fraction of sp³-hybridized carbons (Fsp3) is 0.111. The Kier molecular flexibility index (Phi) is 3.58. The number of nitrogens with zero attached hydrogens (tertiary/aromatic N) is 2. The Labute approximate surface area is 105 Å². The van der Waals surface area contributed by atoms with Gasteiger partial charge < -0.3 is 4.74 Å². The van der Waals surface area contributed by atoms with Gasteiger partial charge in [-0.25, -0.2) is 4.39 Å². The predicted molar refractivity (Wildman–Crippen MR) is 61.0 cm³/mol. The number of halogens is 3. The van der Waals surface area contributed by atoms with Crippen LogP contribution in [0.3, 0.4) is 0 Å². The lowest BCUT2D eigenvalue weighted by Gasteiger charge is -2.01. The normalized spacial score (nSPS) is 10.4. The topological polar surface area (TPSA) is 35.0 Å². The molecule has 1 heterocycles. The third-order valence-electron chi connectivity index (χ3n) is 1.66. The number of hydrogen-bond acceptors (Lipinski definition) is 4. The first-order chi connectivity index (χ1) is 7.69. The lowest BCUT2D eigenvalue weighted by Crippen LogP contribution is -1.85. The summed E-state index contributed by atoms with van der Waals surface area (Å²) >= 11 is 12.3. The molecule has 0 N–H and O–H groups in total. The van der Waals surface area contributed by atoms with Crippen LogP contribution < -0.4 is 4.74 Å². The largest absolute Gasteiger partial charge is 0.430 e. The second-order valence-corrected chi connectivity index (χ2v) is 4.47. The quantitative estimate of drug-likeness (QED) is 0.800. The first-order valence-corrected chi connectivity index (χ1v) is 5.93. The SMILES string of the molecule is Fc1cc(Oc2nnc(CCl)s2)ccc1Cl. The molecule has 0 radical (unpaired) electrons. The zero-order chi connectivity index (χ0) is 11.5. The molecule has 0 unspecified atom stereocenters. The molecule has 0 aliphatic carbocycles. The molecule has 1 aromatic heterocycles. The Bertz CT molecular complexity index is 506. The average Bonchev–Trinajstić information content (AvgIpc) is 2.71. The molecule has 0 fully saturated rings. The van der Waals surface area contributed by atoms with Crippen LogP contribution in [0, 0.1) is 5.82 Å². The van der Waals surface area contributed by atoms with Crippen molar-refractivity contribution in [2.75, 3.05) is 0 Å². The highest BCUT2D eigenvalue weighted by Gasteiger charge is 2.07. The lowest BCUT2D eigenvalue weighted by molar-refractivity contribution is 0.468. The van der Waals surface area contributed by atoms with Crippen molar-refractivity contribution in [3.05, 3.63) is 34.0 Å². The Morgan fingerprint density at radius 3 is 2.81 bits per heavy atom. The third-order valence-corrected chi connectivity index (χ3v) is 3.18. The van der Waals surface area contributed by atoms with Gasteiger partial charge in [0.15, 0.2) is 0 Å². The summed E-state index contributed by atoms with van der Waals surface area (Å²) in [5, 5.41) is 8.51. The number of ether oxygens (including phenoxy) is 1. The van der Waals surface area contributed by atoms with Crippen LogP contribution in [0.5, 0.6) is 10.9 Å². The number of rotatable bonds is 3. The highest BCUT2D eigenvalue weighted by molar-refractivity contribution is 7.13. The van der Waals surface area contributed by atoms with Crippen LogP contribution in [0.25, 0.3) is 0 Å². The molecule has 0 saturated heterocycles. The number of aromatic nitrogens is 2. The molecule has 2 aromatic rings. The van der Waals surface area contributed by atoms with Crippen molar-refractivity contribution in [1.82, 2.24) is 10.2 Å². The van der Waals surface area contributed by atoms with Crippen molar-refractivity contribution in [1.29, 1.82) is 0 Å². The molecular weight excluding hydrogens is 274 g/mol. The second kappa shape index (κ2) is 4.95. The first kappa shape index (κ1) is 11.6. The lowest BCUT2D eigenvalue weighted by atomic mass is 10.3. The maximum absolute atomic E-state index is 13.1. The molecule has 84 valence electrons. The summed E-state index contributed by atoms with van der Waals surface area (Å²) < 4.78 is 18.4. The van der Waals surface area contributed by atoms with Crippen LogP contribution in [0.1, 0.15) is 5.01 Å². The summed E-state index contributed by atoms with van der Waals surface area (Å²) in [5.74, 6) is 0.0520. The van der Waals surface area contributed by atoms with Gasteiger partial charge in [-0.05, 0) is 12.1 Å². The van der Waals surface area contributed by atoms with Gasteiger partial charge in [0.2, 0.25) is 0 Å². The van der Waals surface area contributed by atoms with Crippen LogP contribution in [-0.2, 0) is 5.88 Å². The van der Waals surface area contributed by atoms with Crippen LogP contribution in [0.4, 0.5) is 4.39 Å². The maximum atomic E-state index is 13.1. The molecule has 2 rings (SSSR count). The van der Waals surface area contributed by atoms with Crippen LogP contribution in [0.2, 0.25) is 5.02 Å². The monoisotopic (exact) mass is 278 g/mol. The predicted octanol–water partition coefficient (Wildman–Crippen LogP) is 3.86. The molecule has 0 aliphatic heterocycles. The molecule has 0 saturated carbocycles. The zero-order valence-corrected chi connectivity index (χ0v) is 10.1. The van der Waals surface area contributed by atoms with E-state index in [2.05, 4.69) is 10.2 Å². The van der Waals surface area contributed by atoms with E-state index in [0.717, 1.165) is 0 Å². The summed E-state index contributed by atoms with van der Waals surface area (Å²) in [6, 6.07) is 4.15. The van der Waals surface area contributed by atoms with Crippen molar-refractivity contribution < 1.29 is 9.13 Å². The Morgan fingerprint density at radius 1 is 1.38 bits per heavy atom. The Morgan fingerprint density at radius 2 is 2.19 bits per heavy atom. The van der Waals surface area contributed by atoms with Gasteiger partial charge in [0.05, 0.1) is 10.9 Å². The smallest absolute Gasteiger partial charge is 0.299 e. The molecule has 0 amide bonds. The second-order valence-electron chi connectivity index (χ2n) is 2.77. The minimum absolute atomic E-state index is 0.0473. The van der Waals surface area contributed by atoms with Crippen molar-refractivity contribution in [3.8, 4) is 10.9 Å². The fourth-order valence-electron chi connectivity index (χ4n) is 0.975. The van der Waals surface area contributed by atoms with E-state index in [1.54, 1.807) is 6.07 Å². The van der Waals surface area contributed by atoms with E-state index in [-0.39, 0.29) is 10.9 Å². The summed E-state index contributed by atoms with van der Waals surface area (Å²) in [4.78, 5) is 0. The third kappa shape index (κ3) is 2.61. The Hall–Kier alpha value is -0.910. The Balaban J connectivity index is 2.17. The van der Waals surface area contributed by atoms with Crippen LogP contribution in [0.15, 0.2) is 18.2 Å². The average molecular weight is 279 g/mol. The van der Waals surface area contributed by atoms with Crippen molar-refractivity contribution in [2.24, 2.45) is 0 Å². The van der Waals surface area contributed by atoms with Crippen LogP contribution >= 0.6 is 34.5 Å². The highest BCUT2D eigenvalue weighted by atomic mass is 35.5. The zero-order valence-electron chi connectivity index (χ0n) is 7.78. The summed E-state index contributed by atoms with van der Waals surface area (Å²) in [7, 11) is 0. The van der Waals surface area contributed by atoms with E-state index in [1.165, 1.54) is 23.5 Å². The van der Waals surface area contributed by atoms with E-state index in [9.17, 15) is 4.39 Å². The van der Waals surface area contributed by atoms with Gasteiger partial charge in [-0.1, -0.05) is 28.0 Å². The van der Waals surface area contributed by atoms with Gasteiger partial charge in [-0.3, -0.25) is 0 Å². The van der Waals surface area contributed by atoms with Gasteiger partial charge in [0, 0.05) is 6.07 Å². The molecular formula is C9H5Cl2FN2OS. The van der Waals surface area contributed by atoms with E-state index < -0.39 is 5.82 Å². The molecule has 0 atom stereocenters. The molecule has 0 aliphatic rings. The van der Waals surface area contributed by atoms with E-state index in [4.69, 9.17) is 27.9 Å². The van der Waals surface area contributed by atoms with Crippen molar-refractivity contribution in [3.63, 3.8) is 0 Å². The van der Waals surface area contributed by atoms with E-state index >= 15 is 0 Å².